The molecule has 1 saturated carbocycles. The number of rotatable bonds is 7. The molecule has 3 fully saturated rings. The van der Waals surface area contributed by atoms with Crippen molar-refractivity contribution >= 4 is 29.8 Å². The van der Waals surface area contributed by atoms with E-state index >= 15 is 0 Å². The zero-order valence-corrected chi connectivity index (χ0v) is 22.2. The zero-order chi connectivity index (χ0) is 26.1. The molecule has 2 heterocycles. The first kappa shape index (κ1) is 26.9. The number of hydrogen-bond donors (Lipinski definition) is 4. The fourth-order valence-corrected chi connectivity index (χ4v) is 6.54. The van der Waals surface area contributed by atoms with Crippen molar-refractivity contribution < 1.29 is 19.5 Å². The van der Waals surface area contributed by atoms with Gasteiger partial charge in [0.15, 0.2) is 0 Å². The average molecular weight is 519 g/mol. The number of amides is 3. The molecule has 1 aromatic carbocycles. The number of aliphatic hydroxyl groups is 1. The summed E-state index contributed by atoms with van der Waals surface area (Å²) >= 11 is 6.04. The van der Waals surface area contributed by atoms with Crippen LogP contribution in [0.2, 0.25) is 5.02 Å². The fraction of sp³-hybridized carbons (Fsp3) is 0.667. The number of urea groups is 1. The molecule has 36 heavy (non-hydrogen) atoms. The van der Waals surface area contributed by atoms with Gasteiger partial charge in [-0.05, 0) is 55.7 Å². The third-order valence-corrected chi connectivity index (χ3v) is 8.96. The van der Waals surface area contributed by atoms with Gasteiger partial charge in [0.25, 0.3) is 0 Å². The Balaban J connectivity index is 1.33. The summed E-state index contributed by atoms with van der Waals surface area (Å²) in [4.78, 5) is 39.1. The highest BCUT2D eigenvalue weighted by Gasteiger charge is 2.49. The zero-order valence-electron chi connectivity index (χ0n) is 21.5. The SMILES string of the molecule is C[C@@H](CN1CC[C@](O)(c2ccc(Cl)cc2)C(C)(C)C1)C(C=O)NC(=O)[C@@H]1CCC2(CCNC(=O)N2)C1. The van der Waals surface area contributed by atoms with Gasteiger partial charge in [-0.15, -0.1) is 0 Å². The number of piperidine rings is 1. The number of hydrogen-bond acceptors (Lipinski definition) is 5. The van der Waals surface area contributed by atoms with Crippen LogP contribution in [0.1, 0.15) is 58.4 Å². The normalized spacial score (nSPS) is 31.8. The van der Waals surface area contributed by atoms with E-state index in [0.717, 1.165) is 24.7 Å². The van der Waals surface area contributed by atoms with Crippen molar-refractivity contribution in [3.05, 3.63) is 34.9 Å². The maximum Gasteiger partial charge on any atom is 0.315 e. The summed E-state index contributed by atoms with van der Waals surface area (Å²) in [5.41, 5.74) is -0.844. The standard InChI is InChI=1S/C27H39ClN4O4/c1-18(15-32-13-11-27(36,25(2,3)17-32)20-4-6-21(28)7-5-20)22(16-33)30-23(34)19-8-9-26(14-19)10-12-29-24(35)31-26/h4-7,16,18-19,22,36H,8-15,17H2,1-3H3,(H,30,34)(H2,29,31,35)/t18-,19+,22?,26?,27-/m0/s1. The fourth-order valence-electron chi connectivity index (χ4n) is 6.41. The van der Waals surface area contributed by atoms with Crippen LogP contribution in [0.15, 0.2) is 24.3 Å². The molecule has 0 aromatic heterocycles. The number of aldehydes is 1. The maximum absolute atomic E-state index is 13.0. The second-order valence-corrected chi connectivity index (χ2v) is 12.2. The number of halogens is 1. The molecule has 1 aromatic rings. The smallest absolute Gasteiger partial charge is 0.315 e. The van der Waals surface area contributed by atoms with E-state index in [9.17, 15) is 19.5 Å². The van der Waals surface area contributed by atoms with Crippen LogP contribution < -0.4 is 16.0 Å². The molecule has 8 nitrogen and oxygen atoms in total. The van der Waals surface area contributed by atoms with E-state index in [1.807, 2.05) is 31.2 Å². The highest BCUT2D eigenvalue weighted by molar-refractivity contribution is 6.30. The third kappa shape index (κ3) is 5.41. The first-order valence-corrected chi connectivity index (χ1v) is 13.4. The highest BCUT2D eigenvalue weighted by Crippen LogP contribution is 2.46. The van der Waals surface area contributed by atoms with Crippen LogP contribution in [0.5, 0.6) is 0 Å². The topological polar surface area (TPSA) is 111 Å². The number of benzene rings is 1. The largest absolute Gasteiger partial charge is 0.385 e. The van der Waals surface area contributed by atoms with Crippen LogP contribution in [0, 0.1) is 17.3 Å². The van der Waals surface area contributed by atoms with Gasteiger partial charge in [-0.25, -0.2) is 4.79 Å². The Morgan fingerprint density at radius 3 is 2.64 bits per heavy atom. The van der Waals surface area contributed by atoms with Crippen LogP contribution in [0.3, 0.4) is 0 Å². The molecule has 9 heteroatoms. The number of likely N-dealkylation sites (tertiary alicyclic amines) is 1. The molecule has 0 radical (unpaired) electrons. The highest BCUT2D eigenvalue weighted by atomic mass is 35.5. The number of carbonyl (C=O) groups is 3. The van der Waals surface area contributed by atoms with E-state index in [-0.39, 0.29) is 29.3 Å². The minimum atomic E-state index is -0.974. The summed E-state index contributed by atoms with van der Waals surface area (Å²) < 4.78 is 0. The van der Waals surface area contributed by atoms with E-state index in [1.54, 1.807) is 0 Å². The molecule has 5 atom stereocenters. The van der Waals surface area contributed by atoms with E-state index in [1.165, 1.54) is 0 Å². The van der Waals surface area contributed by atoms with Gasteiger partial charge >= 0.3 is 6.03 Å². The summed E-state index contributed by atoms with van der Waals surface area (Å²) in [7, 11) is 0. The van der Waals surface area contributed by atoms with Crippen LogP contribution in [-0.2, 0) is 15.2 Å². The van der Waals surface area contributed by atoms with Gasteiger partial charge in [0.2, 0.25) is 5.91 Å². The van der Waals surface area contributed by atoms with Crippen molar-refractivity contribution in [2.24, 2.45) is 17.3 Å². The average Bonchev–Trinajstić information content (AvgIpc) is 3.22. The van der Waals surface area contributed by atoms with Crippen molar-refractivity contribution in [1.82, 2.24) is 20.9 Å². The van der Waals surface area contributed by atoms with Gasteiger partial charge in [-0.3, -0.25) is 4.79 Å². The Morgan fingerprint density at radius 2 is 2.00 bits per heavy atom. The Hall–Kier alpha value is -2.16. The van der Waals surface area contributed by atoms with Gasteiger partial charge in [0, 0.05) is 48.1 Å². The van der Waals surface area contributed by atoms with E-state index in [4.69, 9.17) is 11.6 Å². The minimum absolute atomic E-state index is 0.0853. The lowest BCUT2D eigenvalue weighted by molar-refractivity contribution is -0.131. The number of carbonyl (C=O) groups excluding carboxylic acids is 3. The molecule has 2 saturated heterocycles. The first-order valence-electron chi connectivity index (χ1n) is 13.0. The van der Waals surface area contributed by atoms with Crippen molar-refractivity contribution in [2.75, 3.05) is 26.2 Å². The molecular formula is C27H39ClN4O4. The van der Waals surface area contributed by atoms with Crippen molar-refractivity contribution in [1.29, 1.82) is 0 Å². The van der Waals surface area contributed by atoms with Crippen molar-refractivity contribution in [3.8, 4) is 0 Å². The Bertz CT molecular complexity index is 986. The van der Waals surface area contributed by atoms with Crippen molar-refractivity contribution in [3.63, 3.8) is 0 Å². The molecule has 4 rings (SSSR count). The van der Waals surface area contributed by atoms with Crippen molar-refractivity contribution in [2.45, 2.75) is 70.1 Å². The summed E-state index contributed by atoms with van der Waals surface area (Å²) in [6, 6.07) is 6.64. The number of nitrogens with one attached hydrogen (secondary N) is 3. The molecule has 2 aliphatic heterocycles. The van der Waals surface area contributed by atoms with Crippen LogP contribution in [0.4, 0.5) is 4.79 Å². The predicted molar refractivity (Wildman–Crippen MR) is 139 cm³/mol. The van der Waals surface area contributed by atoms with Crippen LogP contribution >= 0.6 is 11.6 Å². The third-order valence-electron chi connectivity index (χ3n) is 8.71. The van der Waals surface area contributed by atoms with E-state index < -0.39 is 17.1 Å². The van der Waals surface area contributed by atoms with Gasteiger partial charge in [-0.2, -0.15) is 0 Å². The number of nitrogens with zero attached hydrogens (tertiary/aromatic N) is 1. The lowest BCUT2D eigenvalue weighted by Gasteiger charge is -2.51. The molecule has 4 N–H and O–H groups in total. The minimum Gasteiger partial charge on any atom is -0.385 e. The summed E-state index contributed by atoms with van der Waals surface area (Å²) in [6.07, 6.45) is 4.30. The summed E-state index contributed by atoms with van der Waals surface area (Å²) in [5.74, 6) is -0.404. The van der Waals surface area contributed by atoms with Gasteiger partial charge < -0.3 is 30.8 Å². The lowest BCUT2D eigenvalue weighted by atomic mass is 9.66. The van der Waals surface area contributed by atoms with E-state index in [0.29, 0.717) is 50.5 Å². The molecule has 198 valence electrons. The second-order valence-electron chi connectivity index (χ2n) is 11.7. The maximum atomic E-state index is 13.0. The Morgan fingerprint density at radius 1 is 1.28 bits per heavy atom. The first-order chi connectivity index (χ1) is 17.0. The van der Waals surface area contributed by atoms with Gasteiger partial charge in [0.05, 0.1) is 11.6 Å². The predicted octanol–water partition coefficient (Wildman–Crippen LogP) is 2.82. The lowest BCUT2D eigenvalue weighted by Crippen LogP contribution is -2.57. The van der Waals surface area contributed by atoms with E-state index in [2.05, 4.69) is 34.7 Å². The van der Waals surface area contributed by atoms with Gasteiger partial charge in [-0.1, -0.05) is 44.5 Å². The second kappa shape index (κ2) is 10.3. The monoisotopic (exact) mass is 518 g/mol. The Labute approximate surface area is 218 Å². The summed E-state index contributed by atoms with van der Waals surface area (Å²) in [5, 5.41) is 21.0. The molecule has 1 spiro atoms. The quantitative estimate of drug-likeness (QED) is 0.415. The molecule has 3 amide bonds. The molecule has 2 unspecified atom stereocenters. The Kier molecular flexibility index (Phi) is 7.70. The van der Waals surface area contributed by atoms with Crippen LogP contribution in [-0.4, -0.2) is 66.0 Å². The summed E-state index contributed by atoms with van der Waals surface area (Å²) in [6.45, 7) is 8.71. The molecule has 1 aliphatic carbocycles. The van der Waals surface area contributed by atoms with Crippen LogP contribution in [0.25, 0.3) is 0 Å². The molecule has 3 aliphatic rings. The molecule has 0 bridgehead atoms. The molecular weight excluding hydrogens is 480 g/mol. The van der Waals surface area contributed by atoms with Gasteiger partial charge in [0.1, 0.15) is 6.29 Å².